The highest BCUT2D eigenvalue weighted by Gasteiger charge is 2.22. The first-order valence-corrected chi connectivity index (χ1v) is 9.22. The molecule has 1 fully saturated rings. The lowest BCUT2D eigenvalue weighted by atomic mass is 10.1. The zero-order valence-corrected chi connectivity index (χ0v) is 15.5. The first kappa shape index (κ1) is 17.4. The summed E-state index contributed by atoms with van der Waals surface area (Å²) in [6, 6.07) is 13.6. The van der Waals surface area contributed by atoms with Crippen LogP contribution >= 0.6 is 0 Å². The maximum atomic E-state index is 12.8. The number of aryl methyl sites for hydroxylation is 1. The summed E-state index contributed by atoms with van der Waals surface area (Å²) in [5.41, 5.74) is 3.86. The third-order valence-electron chi connectivity index (χ3n) is 4.86. The van der Waals surface area contributed by atoms with Crippen LogP contribution in [0, 0.1) is 6.92 Å². The third kappa shape index (κ3) is 4.06. The summed E-state index contributed by atoms with van der Waals surface area (Å²) in [4.78, 5) is 21.4. The first-order chi connectivity index (χ1) is 13.2. The largest absolute Gasteiger partial charge is 0.336 e. The van der Waals surface area contributed by atoms with E-state index in [1.165, 1.54) is 0 Å². The molecule has 1 saturated heterocycles. The van der Waals surface area contributed by atoms with Crippen LogP contribution < -0.4 is 0 Å². The van der Waals surface area contributed by atoms with Gasteiger partial charge >= 0.3 is 0 Å². The van der Waals surface area contributed by atoms with Crippen molar-refractivity contribution < 1.29 is 4.79 Å². The van der Waals surface area contributed by atoms with Gasteiger partial charge in [-0.1, -0.05) is 6.07 Å². The lowest BCUT2D eigenvalue weighted by molar-refractivity contribution is 0.0627. The molecule has 27 heavy (non-hydrogen) atoms. The van der Waals surface area contributed by atoms with E-state index in [0.29, 0.717) is 0 Å². The molecular formula is C21H23N5O. The van der Waals surface area contributed by atoms with Crippen LogP contribution in [0.25, 0.3) is 5.69 Å². The quantitative estimate of drug-likeness (QED) is 0.717. The minimum absolute atomic E-state index is 0.0932. The molecule has 0 atom stereocenters. The summed E-state index contributed by atoms with van der Waals surface area (Å²) in [6.07, 6.45) is 5.62. The predicted molar refractivity (Wildman–Crippen MR) is 104 cm³/mol. The van der Waals surface area contributed by atoms with Gasteiger partial charge < -0.3 is 4.90 Å². The maximum absolute atomic E-state index is 12.8. The molecule has 2 aromatic heterocycles. The summed E-state index contributed by atoms with van der Waals surface area (Å²) in [7, 11) is 0. The Kier molecular flexibility index (Phi) is 4.98. The van der Waals surface area contributed by atoms with Crippen molar-refractivity contribution in [3.63, 3.8) is 0 Å². The van der Waals surface area contributed by atoms with E-state index in [1.54, 1.807) is 0 Å². The topological polar surface area (TPSA) is 54.3 Å². The summed E-state index contributed by atoms with van der Waals surface area (Å²) in [5.74, 6) is 0.0932. The molecule has 1 aromatic carbocycles. The van der Waals surface area contributed by atoms with Crippen LogP contribution in [0.4, 0.5) is 0 Å². The van der Waals surface area contributed by atoms with Crippen molar-refractivity contribution in [1.82, 2.24) is 24.6 Å². The van der Waals surface area contributed by atoms with E-state index in [4.69, 9.17) is 0 Å². The van der Waals surface area contributed by atoms with E-state index < -0.39 is 0 Å². The minimum Gasteiger partial charge on any atom is -0.336 e. The molecule has 3 heterocycles. The Labute approximate surface area is 159 Å². The molecule has 0 bridgehead atoms. The first-order valence-electron chi connectivity index (χ1n) is 9.22. The monoisotopic (exact) mass is 361 g/mol. The van der Waals surface area contributed by atoms with Gasteiger partial charge in [0.25, 0.3) is 5.91 Å². The average molecular weight is 361 g/mol. The molecule has 0 spiro atoms. The second-order valence-corrected chi connectivity index (χ2v) is 6.90. The van der Waals surface area contributed by atoms with Gasteiger partial charge in [0.1, 0.15) is 0 Å². The van der Waals surface area contributed by atoms with Gasteiger partial charge in [0, 0.05) is 50.7 Å². The van der Waals surface area contributed by atoms with Gasteiger partial charge in [0.15, 0.2) is 0 Å². The smallest absolute Gasteiger partial charge is 0.253 e. The summed E-state index contributed by atoms with van der Waals surface area (Å²) < 4.78 is 1.82. The number of piperazine rings is 1. The average Bonchev–Trinajstić information content (AvgIpc) is 3.15. The summed E-state index contributed by atoms with van der Waals surface area (Å²) in [5, 5.41) is 4.30. The Hall–Kier alpha value is -2.99. The second kappa shape index (κ2) is 7.72. The highest BCUT2D eigenvalue weighted by atomic mass is 16.2. The molecule has 0 unspecified atom stereocenters. The van der Waals surface area contributed by atoms with Gasteiger partial charge in [-0.3, -0.25) is 14.7 Å². The normalized spacial score (nSPS) is 15.1. The second-order valence-electron chi connectivity index (χ2n) is 6.90. The Balaban J connectivity index is 1.35. The number of pyridine rings is 1. The fourth-order valence-electron chi connectivity index (χ4n) is 3.32. The Morgan fingerprint density at radius 1 is 1.04 bits per heavy atom. The van der Waals surface area contributed by atoms with Crippen LogP contribution in [-0.2, 0) is 6.54 Å². The summed E-state index contributed by atoms with van der Waals surface area (Å²) >= 11 is 0. The molecule has 6 heteroatoms. The van der Waals surface area contributed by atoms with E-state index >= 15 is 0 Å². The van der Waals surface area contributed by atoms with Gasteiger partial charge in [0.05, 0.1) is 17.6 Å². The molecule has 1 amide bonds. The Bertz CT molecular complexity index is 896. The zero-order valence-electron chi connectivity index (χ0n) is 15.5. The fraction of sp³-hybridized carbons (Fsp3) is 0.286. The van der Waals surface area contributed by atoms with Crippen LogP contribution in [0.5, 0.6) is 0 Å². The number of carbonyl (C=O) groups excluding carboxylic acids is 1. The zero-order chi connectivity index (χ0) is 18.6. The molecule has 1 aliphatic rings. The van der Waals surface area contributed by atoms with E-state index in [9.17, 15) is 4.79 Å². The third-order valence-corrected chi connectivity index (χ3v) is 4.86. The van der Waals surface area contributed by atoms with E-state index in [1.807, 2.05) is 77.6 Å². The Morgan fingerprint density at radius 2 is 1.81 bits per heavy atom. The van der Waals surface area contributed by atoms with Crippen molar-refractivity contribution in [3.8, 4) is 5.69 Å². The van der Waals surface area contributed by atoms with Crippen molar-refractivity contribution in [3.05, 3.63) is 77.9 Å². The highest BCUT2D eigenvalue weighted by molar-refractivity contribution is 5.94. The maximum Gasteiger partial charge on any atom is 0.253 e. The number of hydrogen-bond donors (Lipinski definition) is 0. The molecule has 3 aromatic rings. The number of benzene rings is 1. The molecule has 138 valence electrons. The molecular weight excluding hydrogens is 338 g/mol. The number of carbonyl (C=O) groups is 1. The van der Waals surface area contributed by atoms with Gasteiger partial charge in [-0.15, -0.1) is 0 Å². The number of rotatable bonds is 4. The van der Waals surface area contributed by atoms with Crippen LogP contribution in [0.15, 0.2) is 61.1 Å². The van der Waals surface area contributed by atoms with Crippen LogP contribution in [0.3, 0.4) is 0 Å². The van der Waals surface area contributed by atoms with Crippen molar-refractivity contribution >= 4 is 5.91 Å². The van der Waals surface area contributed by atoms with E-state index in [-0.39, 0.29) is 5.91 Å². The van der Waals surface area contributed by atoms with Crippen molar-refractivity contribution in [1.29, 1.82) is 0 Å². The van der Waals surface area contributed by atoms with Gasteiger partial charge in [-0.25, -0.2) is 4.68 Å². The van der Waals surface area contributed by atoms with E-state index in [0.717, 1.165) is 55.2 Å². The number of hydrogen-bond acceptors (Lipinski definition) is 4. The van der Waals surface area contributed by atoms with E-state index in [2.05, 4.69) is 15.0 Å². The van der Waals surface area contributed by atoms with Gasteiger partial charge in [-0.2, -0.15) is 5.10 Å². The lowest BCUT2D eigenvalue weighted by Gasteiger charge is -2.34. The minimum atomic E-state index is 0.0932. The molecule has 6 nitrogen and oxygen atoms in total. The van der Waals surface area contributed by atoms with Crippen LogP contribution in [0.2, 0.25) is 0 Å². The number of amides is 1. The van der Waals surface area contributed by atoms with Crippen molar-refractivity contribution in [2.45, 2.75) is 13.5 Å². The molecule has 0 aliphatic carbocycles. The summed E-state index contributed by atoms with van der Waals surface area (Å²) in [6.45, 7) is 6.06. The van der Waals surface area contributed by atoms with Gasteiger partial charge in [-0.05, 0) is 48.9 Å². The molecule has 0 radical (unpaired) electrons. The van der Waals surface area contributed by atoms with Gasteiger partial charge in [0.2, 0.25) is 0 Å². The van der Waals surface area contributed by atoms with Crippen LogP contribution in [0.1, 0.15) is 21.6 Å². The van der Waals surface area contributed by atoms with Crippen LogP contribution in [-0.4, -0.2) is 56.7 Å². The van der Waals surface area contributed by atoms with Crippen molar-refractivity contribution in [2.75, 3.05) is 26.2 Å². The predicted octanol–water partition coefficient (Wildman–Crippen LogP) is 2.53. The number of nitrogens with zero attached hydrogens (tertiary/aromatic N) is 5. The number of aromatic nitrogens is 3. The SMILES string of the molecule is Cc1cnn(-c2ccc(C(=O)N3CCN(Cc4ccccn4)CC3)cc2)c1. The molecule has 0 saturated carbocycles. The van der Waals surface area contributed by atoms with Crippen molar-refractivity contribution in [2.24, 2.45) is 0 Å². The lowest BCUT2D eigenvalue weighted by Crippen LogP contribution is -2.48. The Morgan fingerprint density at radius 3 is 2.44 bits per heavy atom. The molecule has 0 N–H and O–H groups in total. The highest BCUT2D eigenvalue weighted by Crippen LogP contribution is 2.14. The fourth-order valence-corrected chi connectivity index (χ4v) is 3.32. The molecule has 4 rings (SSSR count). The standard InChI is InChI=1S/C21H23N5O/c1-17-14-23-26(15-17)20-7-5-18(6-8-20)21(27)25-12-10-24(11-13-25)16-19-4-2-3-9-22-19/h2-9,14-15H,10-13,16H2,1H3. The molecule has 1 aliphatic heterocycles.